The van der Waals surface area contributed by atoms with Crippen molar-refractivity contribution in [3.8, 4) is 0 Å². The second-order valence-corrected chi connectivity index (χ2v) is 2.40. The number of carbonyl (C=O) groups is 1. The molecule has 1 rings (SSSR count). The molecule has 0 saturated heterocycles. The van der Waals surface area contributed by atoms with Gasteiger partial charge in [-0.05, 0) is 13.0 Å². The number of ketones is 1. The minimum atomic E-state index is -0.131. The number of carbonyl (C=O) groups excluding carboxylic acids is 1. The Labute approximate surface area is 66.0 Å². The van der Waals surface area contributed by atoms with Crippen LogP contribution < -0.4 is 5.73 Å². The number of hydrogen-bond acceptors (Lipinski definition) is 2. The van der Waals surface area contributed by atoms with Crippen LogP contribution in [-0.2, 0) is 0 Å². The van der Waals surface area contributed by atoms with Gasteiger partial charge < -0.3 is 5.73 Å². The predicted octanol–water partition coefficient (Wildman–Crippen LogP) is 1.30. The Morgan fingerprint density at radius 2 is 2.27 bits per heavy atom. The highest BCUT2D eigenvalue weighted by Gasteiger charge is 2.01. The van der Waals surface area contributed by atoms with Crippen molar-refractivity contribution in [2.24, 2.45) is 5.73 Å². The second kappa shape index (κ2) is 3.30. The summed E-state index contributed by atoms with van der Waals surface area (Å²) >= 11 is 0. The lowest BCUT2D eigenvalue weighted by atomic mass is 10.1. The monoisotopic (exact) mass is 148 g/mol. The minimum absolute atomic E-state index is 0.131. The van der Waals surface area contributed by atoms with Gasteiger partial charge in [0.15, 0.2) is 5.78 Å². The first-order chi connectivity index (χ1) is 5.24. The highest BCUT2D eigenvalue weighted by Crippen LogP contribution is 2.04. The molecule has 0 atom stereocenters. The number of hydrogen-bond donors (Lipinski definition) is 1. The lowest BCUT2D eigenvalue weighted by molar-refractivity contribution is 0.102. The van der Waals surface area contributed by atoms with E-state index in [0.29, 0.717) is 5.56 Å². The number of benzene rings is 1. The van der Waals surface area contributed by atoms with E-state index in [9.17, 15) is 4.79 Å². The van der Waals surface area contributed by atoms with Crippen LogP contribution in [0.5, 0.6) is 0 Å². The zero-order valence-electron chi connectivity index (χ0n) is 6.37. The normalized spacial score (nSPS) is 9.64. The first-order valence-corrected chi connectivity index (χ1v) is 3.40. The van der Waals surface area contributed by atoms with Crippen molar-refractivity contribution in [2.75, 3.05) is 0 Å². The minimum Gasteiger partial charge on any atom is -0.320 e. The smallest absolute Gasteiger partial charge is 0.181 e. The molecule has 0 unspecified atom stereocenters. The molecule has 11 heavy (non-hydrogen) atoms. The fraction of sp³-hybridized carbons (Fsp3) is 0.111. The summed E-state index contributed by atoms with van der Waals surface area (Å²) < 4.78 is 0. The fourth-order valence-corrected chi connectivity index (χ4v) is 0.895. The van der Waals surface area contributed by atoms with Crippen molar-refractivity contribution in [2.45, 2.75) is 6.92 Å². The summed E-state index contributed by atoms with van der Waals surface area (Å²) in [6.45, 7) is 3.02. The van der Waals surface area contributed by atoms with Crippen LogP contribution in [0.4, 0.5) is 0 Å². The molecule has 1 aromatic rings. The van der Waals surface area contributed by atoms with Crippen LogP contribution in [0.15, 0.2) is 24.3 Å². The topological polar surface area (TPSA) is 43.1 Å². The van der Waals surface area contributed by atoms with Crippen molar-refractivity contribution in [3.05, 3.63) is 41.9 Å². The standard InChI is InChI=1S/C9H10NO/c1-7-3-2-4-8(5-7)9(11)6-10/h2-6H,10H2,1H3. The Morgan fingerprint density at radius 3 is 2.82 bits per heavy atom. The number of nitrogens with two attached hydrogens (primary N) is 1. The molecule has 0 fully saturated rings. The van der Waals surface area contributed by atoms with Crippen LogP contribution >= 0.6 is 0 Å². The van der Waals surface area contributed by atoms with Gasteiger partial charge in [-0.1, -0.05) is 23.8 Å². The summed E-state index contributed by atoms with van der Waals surface area (Å²) in [6.07, 6.45) is 0. The maximum Gasteiger partial charge on any atom is 0.181 e. The van der Waals surface area contributed by atoms with E-state index in [1.54, 1.807) is 6.07 Å². The van der Waals surface area contributed by atoms with Crippen LogP contribution in [0.2, 0.25) is 0 Å². The molecule has 57 valence electrons. The van der Waals surface area contributed by atoms with Crippen molar-refractivity contribution in [3.63, 3.8) is 0 Å². The van der Waals surface area contributed by atoms with Gasteiger partial charge in [-0.3, -0.25) is 4.79 Å². The Balaban J connectivity index is 2.96. The molecule has 2 heteroatoms. The Morgan fingerprint density at radius 1 is 1.55 bits per heavy atom. The summed E-state index contributed by atoms with van der Waals surface area (Å²) in [6, 6.07) is 7.34. The predicted molar refractivity (Wildman–Crippen MR) is 44.0 cm³/mol. The molecule has 0 aliphatic carbocycles. The van der Waals surface area contributed by atoms with Gasteiger partial charge in [0.1, 0.15) is 0 Å². The van der Waals surface area contributed by atoms with Crippen molar-refractivity contribution in [1.29, 1.82) is 0 Å². The molecule has 0 bridgehead atoms. The van der Waals surface area contributed by atoms with E-state index in [1.165, 1.54) is 0 Å². The lowest BCUT2D eigenvalue weighted by Crippen LogP contribution is -2.06. The molecular formula is C9H10NO. The van der Waals surface area contributed by atoms with Crippen LogP contribution in [-0.4, -0.2) is 5.78 Å². The second-order valence-electron chi connectivity index (χ2n) is 2.40. The van der Waals surface area contributed by atoms with Gasteiger partial charge in [-0.2, -0.15) is 0 Å². The van der Waals surface area contributed by atoms with Crippen LogP contribution in [0.1, 0.15) is 15.9 Å². The molecule has 0 aliphatic rings. The summed E-state index contributed by atoms with van der Waals surface area (Å²) in [7, 11) is 0. The third kappa shape index (κ3) is 1.88. The average molecular weight is 148 g/mol. The molecule has 0 amide bonds. The fourth-order valence-electron chi connectivity index (χ4n) is 0.895. The first-order valence-electron chi connectivity index (χ1n) is 3.40. The van der Waals surface area contributed by atoms with Gasteiger partial charge in [0, 0.05) is 5.56 Å². The van der Waals surface area contributed by atoms with Gasteiger partial charge in [-0.25, -0.2) is 0 Å². The van der Waals surface area contributed by atoms with Gasteiger partial charge in [0.25, 0.3) is 0 Å². The molecule has 0 heterocycles. The van der Waals surface area contributed by atoms with Crippen molar-refractivity contribution >= 4 is 5.78 Å². The highest BCUT2D eigenvalue weighted by atomic mass is 16.1. The molecule has 1 aromatic carbocycles. The summed E-state index contributed by atoms with van der Waals surface area (Å²) in [5, 5.41) is 0. The van der Waals surface area contributed by atoms with Gasteiger partial charge in [-0.15, -0.1) is 0 Å². The Hall–Kier alpha value is -1.15. The van der Waals surface area contributed by atoms with E-state index in [0.717, 1.165) is 12.1 Å². The molecule has 0 aromatic heterocycles. The number of rotatable bonds is 2. The van der Waals surface area contributed by atoms with E-state index in [1.807, 2.05) is 25.1 Å². The van der Waals surface area contributed by atoms with Gasteiger partial charge in [0.2, 0.25) is 0 Å². The molecule has 2 nitrogen and oxygen atoms in total. The highest BCUT2D eigenvalue weighted by molar-refractivity contribution is 6.01. The van der Waals surface area contributed by atoms with Crippen molar-refractivity contribution in [1.82, 2.24) is 0 Å². The zero-order chi connectivity index (χ0) is 8.27. The molecule has 0 aliphatic heterocycles. The summed E-state index contributed by atoms with van der Waals surface area (Å²) in [5.74, 6) is -0.131. The number of aryl methyl sites for hydroxylation is 1. The first kappa shape index (κ1) is 7.95. The maximum atomic E-state index is 11.0. The van der Waals surface area contributed by atoms with Crippen LogP contribution in [0.3, 0.4) is 0 Å². The number of Topliss-reactive ketones (excluding diaryl/α,β-unsaturated/α-hetero) is 1. The van der Waals surface area contributed by atoms with Crippen LogP contribution in [0.25, 0.3) is 0 Å². The largest absolute Gasteiger partial charge is 0.320 e. The zero-order valence-corrected chi connectivity index (χ0v) is 6.37. The van der Waals surface area contributed by atoms with E-state index in [2.05, 4.69) is 0 Å². The SMILES string of the molecule is Cc1cccc(C(=O)[CH]N)c1. The molecular weight excluding hydrogens is 138 g/mol. The van der Waals surface area contributed by atoms with E-state index in [-0.39, 0.29) is 5.78 Å². The van der Waals surface area contributed by atoms with E-state index < -0.39 is 0 Å². The third-order valence-corrected chi connectivity index (χ3v) is 1.45. The van der Waals surface area contributed by atoms with Gasteiger partial charge >= 0.3 is 0 Å². The van der Waals surface area contributed by atoms with Crippen molar-refractivity contribution < 1.29 is 4.79 Å². The van der Waals surface area contributed by atoms with E-state index in [4.69, 9.17) is 5.73 Å². The van der Waals surface area contributed by atoms with E-state index >= 15 is 0 Å². The molecule has 2 N–H and O–H groups in total. The maximum absolute atomic E-state index is 11.0. The molecule has 0 saturated carbocycles. The molecule has 0 spiro atoms. The summed E-state index contributed by atoms with van der Waals surface area (Å²) in [5.41, 5.74) is 6.79. The van der Waals surface area contributed by atoms with Gasteiger partial charge in [0.05, 0.1) is 6.54 Å². The Bertz CT molecular complexity index is 268. The quantitative estimate of drug-likeness (QED) is 0.642. The van der Waals surface area contributed by atoms with Crippen LogP contribution in [0, 0.1) is 13.5 Å². The summed E-state index contributed by atoms with van der Waals surface area (Å²) in [4.78, 5) is 11.0. The average Bonchev–Trinajstić information content (AvgIpc) is 2.03. The lowest BCUT2D eigenvalue weighted by Gasteiger charge is -1.97. The Kier molecular flexibility index (Phi) is 2.39. The third-order valence-electron chi connectivity index (χ3n) is 1.45. The molecule has 1 radical (unpaired) electrons.